The van der Waals surface area contributed by atoms with Crippen LogP contribution in [0.4, 0.5) is 11.5 Å². The molecule has 0 radical (unpaired) electrons. The van der Waals surface area contributed by atoms with E-state index in [9.17, 15) is 21.4 Å². The highest BCUT2D eigenvalue weighted by Gasteiger charge is 2.22. The van der Waals surface area contributed by atoms with Crippen LogP contribution in [0.5, 0.6) is 0 Å². The summed E-state index contributed by atoms with van der Waals surface area (Å²) in [5.74, 6) is 0.281. The highest BCUT2D eigenvalue weighted by atomic mass is 32.2. The zero-order valence-electron chi connectivity index (χ0n) is 24.9. The molecular formula is C34H36N4O5S2. The van der Waals surface area contributed by atoms with E-state index in [0.29, 0.717) is 29.1 Å². The van der Waals surface area contributed by atoms with Crippen molar-refractivity contribution >= 4 is 42.7 Å². The van der Waals surface area contributed by atoms with Crippen molar-refractivity contribution in [3.05, 3.63) is 108 Å². The van der Waals surface area contributed by atoms with Gasteiger partial charge in [0, 0.05) is 11.3 Å². The van der Waals surface area contributed by atoms with E-state index >= 15 is 0 Å². The maximum Gasteiger partial charge on any atom is 0.294 e. The minimum atomic E-state index is -4.53. The van der Waals surface area contributed by atoms with E-state index in [-0.39, 0.29) is 26.9 Å². The van der Waals surface area contributed by atoms with Crippen LogP contribution in [0.2, 0.25) is 0 Å². The Balaban J connectivity index is 1.58. The van der Waals surface area contributed by atoms with Crippen LogP contribution >= 0.6 is 0 Å². The number of nitrogens with zero attached hydrogens (tertiary/aromatic N) is 2. The number of fused-ring (bicyclic) bond motifs is 1. The molecule has 11 heteroatoms. The fourth-order valence-corrected chi connectivity index (χ4v) is 6.96. The monoisotopic (exact) mass is 644 g/mol. The SMILES string of the molecule is CCCCCC(CCc1cccc2nc(NS(=O)(=O)c3ccc(N)cc3)c(-c3cccc(S(=O)(=O)O)c3)nc12)c1ccccc1. The molecule has 1 heterocycles. The van der Waals surface area contributed by atoms with Gasteiger partial charge in [-0.1, -0.05) is 80.8 Å². The molecule has 45 heavy (non-hydrogen) atoms. The fourth-order valence-electron chi connectivity index (χ4n) is 5.42. The number of unbranched alkanes of at least 4 members (excludes halogenated alkanes) is 2. The molecule has 0 amide bonds. The molecule has 1 aromatic heterocycles. The Kier molecular flexibility index (Phi) is 9.81. The van der Waals surface area contributed by atoms with Gasteiger partial charge in [0.1, 0.15) is 5.69 Å². The Bertz CT molecular complexity index is 2000. The quantitative estimate of drug-likeness (QED) is 0.0690. The van der Waals surface area contributed by atoms with Crippen molar-refractivity contribution in [2.24, 2.45) is 0 Å². The summed E-state index contributed by atoms with van der Waals surface area (Å²) in [6.07, 6.45) is 6.11. The van der Waals surface area contributed by atoms with E-state index in [2.05, 4.69) is 40.9 Å². The molecule has 0 aliphatic carbocycles. The number of nitrogen functional groups attached to an aromatic ring is 1. The predicted octanol–water partition coefficient (Wildman–Crippen LogP) is 7.22. The number of hydrogen-bond acceptors (Lipinski definition) is 7. The van der Waals surface area contributed by atoms with E-state index < -0.39 is 20.1 Å². The number of nitrogens with one attached hydrogen (secondary N) is 1. The second kappa shape index (κ2) is 13.8. The summed E-state index contributed by atoms with van der Waals surface area (Å²) in [6, 6.07) is 27.4. The summed E-state index contributed by atoms with van der Waals surface area (Å²) in [7, 11) is -8.65. The summed E-state index contributed by atoms with van der Waals surface area (Å²) in [4.78, 5) is 9.21. The molecule has 4 aromatic carbocycles. The zero-order chi connectivity index (χ0) is 32.0. The van der Waals surface area contributed by atoms with Crippen LogP contribution in [0.1, 0.15) is 56.1 Å². The van der Waals surface area contributed by atoms with E-state index in [1.54, 1.807) is 12.1 Å². The maximum absolute atomic E-state index is 13.4. The molecule has 1 unspecified atom stereocenters. The lowest BCUT2D eigenvalue weighted by Crippen LogP contribution is -2.15. The summed E-state index contributed by atoms with van der Waals surface area (Å²) in [6.45, 7) is 2.19. The van der Waals surface area contributed by atoms with Crippen molar-refractivity contribution in [2.45, 2.75) is 61.2 Å². The normalized spacial score (nSPS) is 12.7. The number of rotatable bonds is 13. The zero-order valence-corrected chi connectivity index (χ0v) is 26.6. The number of aromatic nitrogens is 2. The Morgan fingerprint density at radius 2 is 1.53 bits per heavy atom. The molecule has 0 fully saturated rings. The molecule has 5 rings (SSSR count). The van der Waals surface area contributed by atoms with Crippen LogP contribution in [0.25, 0.3) is 22.3 Å². The highest BCUT2D eigenvalue weighted by molar-refractivity contribution is 7.92. The van der Waals surface area contributed by atoms with Crippen LogP contribution in [0, 0.1) is 0 Å². The van der Waals surface area contributed by atoms with E-state index in [4.69, 9.17) is 10.7 Å². The van der Waals surface area contributed by atoms with Crippen LogP contribution in [-0.4, -0.2) is 31.4 Å². The summed E-state index contributed by atoms with van der Waals surface area (Å²) in [5.41, 5.74) is 9.86. The van der Waals surface area contributed by atoms with Crippen molar-refractivity contribution in [2.75, 3.05) is 10.5 Å². The van der Waals surface area contributed by atoms with Crippen molar-refractivity contribution in [1.29, 1.82) is 0 Å². The van der Waals surface area contributed by atoms with Gasteiger partial charge in [-0.3, -0.25) is 9.27 Å². The third-order valence-electron chi connectivity index (χ3n) is 7.79. The van der Waals surface area contributed by atoms with E-state index in [0.717, 1.165) is 31.2 Å². The van der Waals surface area contributed by atoms with E-state index in [1.165, 1.54) is 54.4 Å². The molecule has 0 bridgehead atoms. The van der Waals surface area contributed by atoms with Gasteiger partial charge in [0.2, 0.25) is 0 Å². The summed E-state index contributed by atoms with van der Waals surface area (Å²) < 4.78 is 63.0. The number of sulfonamides is 1. The molecule has 0 saturated heterocycles. The third kappa shape index (κ3) is 7.86. The van der Waals surface area contributed by atoms with Crippen molar-refractivity contribution < 1.29 is 21.4 Å². The van der Waals surface area contributed by atoms with Crippen molar-refractivity contribution in [3.63, 3.8) is 0 Å². The standard InChI is InChI=1S/C34H36N4O5S2/c1-2-3-5-10-25(24-11-6-4-7-12-24)17-18-26-13-9-16-31-32(26)37-33(27-14-8-15-30(23-27)45(41,42)43)34(36-31)38-44(39,40)29-21-19-28(35)20-22-29/h4,6-9,11-16,19-23,25H,2-3,5,10,17-18,35H2,1H3,(H,36,38)(H,41,42,43). The van der Waals surface area contributed by atoms with Gasteiger partial charge in [0.25, 0.3) is 20.1 Å². The predicted molar refractivity (Wildman–Crippen MR) is 178 cm³/mol. The Morgan fingerprint density at radius 1 is 0.800 bits per heavy atom. The average molecular weight is 645 g/mol. The second-order valence-electron chi connectivity index (χ2n) is 11.0. The van der Waals surface area contributed by atoms with Crippen LogP contribution < -0.4 is 10.5 Å². The molecule has 9 nitrogen and oxygen atoms in total. The lowest BCUT2D eigenvalue weighted by molar-refractivity contribution is 0.483. The minimum absolute atomic E-state index is 0.0278. The largest absolute Gasteiger partial charge is 0.399 e. The lowest BCUT2D eigenvalue weighted by Gasteiger charge is -2.18. The molecule has 0 saturated carbocycles. The van der Waals surface area contributed by atoms with Crippen molar-refractivity contribution in [3.8, 4) is 11.3 Å². The number of para-hydroxylation sites is 1. The smallest absolute Gasteiger partial charge is 0.294 e. The first-order valence-electron chi connectivity index (χ1n) is 14.9. The third-order valence-corrected chi connectivity index (χ3v) is 10.00. The number of aryl methyl sites for hydroxylation is 1. The highest BCUT2D eigenvalue weighted by Crippen LogP contribution is 2.33. The fraction of sp³-hybridized carbons (Fsp3) is 0.235. The Morgan fingerprint density at radius 3 is 2.24 bits per heavy atom. The maximum atomic E-state index is 13.4. The average Bonchev–Trinajstić information content (AvgIpc) is 3.02. The summed E-state index contributed by atoms with van der Waals surface area (Å²) in [5, 5.41) is 0. The molecule has 0 aliphatic rings. The Hall–Kier alpha value is -4.32. The van der Waals surface area contributed by atoms with Gasteiger partial charge in [-0.15, -0.1) is 0 Å². The van der Waals surface area contributed by atoms with Gasteiger partial charge in [-0.25, -0.2) is 18.4 Å². The first kappa shape index (κ1) is 32.1. The van der Waals surface area contributed by atoms with Crippen LogP contribution in [0.3, 0.4) is 0 Å². The number of anilines is 2. The first-order chi connectivity index (χ1) is 21.5. The van der Waals surface area contributed by atoms with Crippen LogP contribution in [-0.2, 0) is 26.6 Å². The number of nitrogens with two attached hydrogens (primary N) is 1. The number of hydrogen-bond donors (Lipinski definition) is 3. The second-order valence-corrected chi connectivity index (χ2v) is 14.1. The van der Waals surface area contributed by atoms with Gasteiger partial charge in [0.05, 0.1) is 20.8 Å². The molecule has 0 spiro atoms. The molecule has 1 atom stereocenters. The lowest BCUT2D eigenvalue weighted by atomic mass is 9.87. The van der Waals surface area contributed by atoms with E-state index in [1.807, 2.05) is 18.2 Å². The first-order valence-corrected chi connectivity index (χ1v) is 17.8. The minimum Gasteiger partial charge on any atom is -0.399 e. The van der Waals surface area contributed by atoms with Gasteiger partial charge in [-0.05, 0) is 78.8 Å². The van der Waals surface area contributed by atoms with Gasteiger partial charge < -0.3 is 5.73 Å². The molecule has 234 valence electrons. The Labute approximate surface area is 264 Å². The topological polar surface area (TPSA) is 152 Å². The summed E-state index contributed by atoms with van der Waals surface area (Å²) >= 11 is 0. The number of benzene rings is 4. The van der Waals surface area contributed by atoms with Gasteiger partial charge in [-0.2, -0.15) is 8.42 Å². The molecule has 5 aromatic rings. The molecule has 0 aliphatic heterocycles. The molecular weight excluding hydrogens is 609 g/mol. The van der Waals surface area contributed by atoms with Crippen molar-refractivity contribution in [1.82, 2.24) is 9.97 Å². The van der Waals surface area contributed by atoms with Gasteiger partial charge >= 0.3 is 0 Å². The molecule has 4 N–H and O–H groups in total. The van der Waals surface area contributed by atoms with Gasteiger partial charge in [0.15, 0.2) is 5.82 Å². The van der Waals surface area contributed by atoms with Crippen LogP contribution in [0.15, 0.2) is 107 Å².